The van der Waals surface area contributed by atoms with Crippen LogP contribution in [0, 0.1) is 5.92 Å². The van der Waals surface area contributed by atoms with E-state index >= 15 is 0 Å². The minimum atomic E-state index is 0.736. The Morgan fingerprint density at radius 2 is 2.12 bits per heavy atom. The predicted octanol–water partition coefficient (Wildman–Crippen LogP) is 0.763. The first-order chi connectivity index (χ1) is 7.72. The second-order valence-corrected chi connectivity index (χ2v) is 6.13. The van der Waals surface area contributed by atoms with Crippen molar-refractivity contribution in [1.29, 1.82) is 0 Å². The standard InChI is InChI=1S/C13H25N3/c1-10-8-16(6-5-15(10)2)9-11-7-12-3-4-13(11)14-12/h10-14H,3-9H2,1-2H3. The summed E-state index contributed by atoms with van der Waals surface area (Å²) in [5.41, 5.74) is 0. The van der Waals surface area contributed by atoms with E-state index in [-0.39, 0.29) is 0 Å². The van der Waals surface area contributed by atoms with Crippen molar-refractivity contribution in [2.24, 2.45) is 5.92 Å². The summed E-state index contributed by atoms with van der Waals surface area (Å²) in [6.45, 7) is 7.48. The Balaban J connectivity index is 1.52. The molecular weight excluding hydrogens is 198 g/mol. The molecule has 3 fully saturated rings. The maximum Gasteiger partial charge on any atom is 0.0192 e. The van der Waals surface area contributed by atoms with Crippen LogP contribution in [0.1, 0.15) is 26.2 Å². The number of hydrogen-bond donors (Lipinski definition) is 1. The van der Waals surface area contributed by atoms with Gasteiger partial charge >= 0.3 is 0 Å². The summed E-state index contributed by atoms with van der Waals surface area (Å²) in [5, 5.41) is 3.75. The zero-order valence-corrected chi connectivity index (χ0v) is 10.7. The Kier molecular flexibility index (Phi) is 2.94. The van der Waals surface area contributed by atoms with Crippen molar-refractivity contribution in [3.63, 3.8) is 0 Å². The number of nitrogens with zero attached hydrogens (tertiary/aromatic N) is 2. The number of piperazine rings is 1. The minimum Gasteiger partial charge on any atom is -0.311 e. The normalized spacial score (nSPS) is 45.4. The highest BCUT2D eigenvalue weighted by Crippen LogP contribution is 2.33. The fourth-order valence-corrected chi connectivity index (χ4v) is 3.76. The molecule has 2 bridgehead atoms. The lowest BCUT2D eigenvalue weighted by Crippen LogP contribution is -2.51. The Hall–Kier alpha value is -0.120. The van der Waals surface area contributed by atoms with Gasteiger partial charge in [-0.3, -0.25) is 0 Å². The molecule has 3 heteroatoms. The van der Waals surface area contributed by atoms with Gasteiger partial charge in [0.1, 0.15) is 0 Å². The molecule has 3 aliphatic heterocycles. The summed E-state index contributed by atoms with van der Waals surface area (Å²) in [6, 6.07) is 2.44. The number of fused-ring (bicyclic) bond motifs is 2. The highest BCUT2D eigenvalue weighted by atomic mass is 15.3. The van der Waals surface area contributed by atoms with Gasteiger partial charge in [-0.2, -0.15) is 0 Å². The third-order valence-corrected chi connectivity index (χ3v) is 4.97. The van der Waals surface area contributed by atoms with Gasteiger partial charge in [-0.25, -0.2) is 0 Å². The molecule has 0 aromatic carbocycles. The molecule has 1 N–H and O–H groups in total. The average Bonchev–Trinajstić information content (AvgIpc) is 2.85. The molecule has 3 nitrogen and oxygen atoms in total. The second kappa shape index (κ2) is 4.28. The van der Waals surface area contributed by atoms with Crippen molar-refractivity contribution in [1.82, 2.24) is 15.1 Å². The molecule has 3 rings (SSSR count). The van der Waals surface area contributed by atoms with Crippen molar-refractivity contribution in [3.05, 3.63) is 0 Å². The molecule has 4 unspecified atom stereocenters. The number of hydrogen-bond acceptors (Lipinski definition) is 3. The average molecular weight is 223 g/mol. The first-order valence-corrected chi connectivity index (χ1v) is 6.91. The predicted molar refractivity (Wildman–Crippen MR) is 66.6 cm³/mol. The van der Waals surface area contributed by atoms with Gasteiger partial charge in [-0.1, -0.05) is 0 Å². The van der Waals surface area contributed by atoms with Crippen LogP contribution in [0.3, 0.4) is 0 Å². The van der Waals surface area contributed by atoms with Gasteiger partial charge in [-0.15, -0.1) is 0 Å². The van der Waals surface area contributed by atoms with E-state index in [9.17, 15) is 0 Å². The van der Waals surface area contributed by atoms with Crippen LogP contribution in [-0.2, 0) is 0 Å². The van der Waals surface area contributed by atoms with Crippen LogP contribution in [0.5, 0.6) is 0 Å². The number of nitrogens with one attached hydrogen (secondary N) is 1. The Morgan fingerprint density at radius 1 is 1.25 bits per heavy atom. The number of rotatable bonds is 2. The Bertz CT molecular complexity index is 256. The van der Waals surface area contributed by atoms with E-state index in [2.05, 4.69) is 29.1 Å². The molecule has 4 atom stereocenters. The van der Waals surface area contributed by atoms with Crippen LogP contribution in [0.25, 0.3) is 0 Å². The zero-order chi connectivity index (χ0) is 11.1. The molecular formula is C13H25N3. The molecule has 0 aromatic rings. The van der Waals surface area contributed by atoms with Gasteiger partial charge < -0.3 is 15.1 Å². The van der Waals surface area contributed by atoms with E-state index in [1.165, 1.54) is 45.4 Å². The Labute approximate surface area is 99.2 Å². The fraction of sp³-hybridized carbons (Fsp3) is 1.00. The van der Waals surface area contributed by atoms with Gasteiger partial charge in [-0.05, 0) is 39.2 Å². The van der Waals surface area contributed by atoms with E-state index in [1.54, 1.807) is 0 Å². The van der Waals surface area contributed by atoms with E-state index in [0.29, 0.717) is 0 Å². The van der Waals surface area contributed by atoms with Crippen LogP contribution >= 0.6 is 0 Å². The second-order valence-electron chi connectivity index (χ2n) is 6.13. The van der Waals surface area contributed by atoms with E-state index in [1.807, 2.05) is 0 Å². The van der Waals surface area contributed by atoms with Crippen molar-refractivity contribution < 1.29 is 0 Å². The van der Waals surface area contributed by atoms with E-state index in [0.717, 1.165) is 24.0 Å². The molecule has 3 aliphatic rings. The third kappa shape index (κ3) is 2.01. The highest BCUT2D eigenvalue weighted by Gasteiger charge is 2.39. The lowest BCUT2D eigenvalue weighted by atomic mass is 9.88. The van der Waals surface area contributed by atoms with Gasteiger partial charge in [0.05, 0.1) is 0 Å². The molecule has 0 amide bonds. The van der Waals surface area contributed by atoms with E-state index < -0.39 is 0 Å². The van der Waals surface area contributed by atoms with Crippen molar-refractivity contribution in [2.45, 2.75) is 44.3 Å². The molecule has 0 radical (unpaired) electrons. The van der Waals surface area contributed by atoms with E-state index in [4.69, 9.17) is 0 Å². The van der Waals surface area contributed by atoms with Crippen LogP contribution in [-0.4, -0.2) is 61.2 Å². The molecule has 92 valence electrons. The van der Waals surface area contributed by atoms with Crippen LogP contribution < -0.4 is 5.32 Å². The molecule has 0 spiro atoms. The highest BCUT2D eigenvalue weighted by molar-refractivity contribution is 4.98. The van der Waals surface area contributed by atoms with Crippen LogP contribution in [0.2, 0.25) is 0 Å². The fourth-order valence-electron chi connectivity index (χ4n) is 3.76. The Morgan fingerprint density at radius 3 is 2.75 bits per heavy atom. The van der Waals surface area contributed by atoms with Crippen molar-refractivity contribution >= 4 is 0 Å². The lowest BCUT2D eigenvalue weighted by Gasteiger charge is -2.39. The summed E-state index contributed by atoms with van der Waals surface area (Å²) in [5.74, 6) is 0.939. The summed E-state index contributed by atoms with van der Waals surface area (Å²) in [6.07, 6.45) is 4.30. The smallest absolute Gasteiger partial charge is 0.0192 e. The third-order valence-electron chi connectivity index (χ3n) is 4.97. The summed E-state index contributed by atoms with van der Waals surface area (Å²) >= 11 is 0. The minimum absolute atomic E-state index is 0.736. The zero-order valence-electron chi connectivity index (χ0n) is 10.7. The topological polar surface area (TPSA) is 18.5 Å². The molecule has 0 aliphatic carbocycles. The van der Waals surface area contributed by atoms with Gasteiger partial charge in [0.2, 0.25) is 0 Å². The largest absolute Gasteiger partial charge is 0.311 e. The summed E-state index contributed by atoms with van der Waals surface area (Å²) in [7, 11) is 2.25. The maximum atomic E-state index is 3.75. The first kappa shape index (κ1) is 11.0. The number of likely N-dealkylation sites (N-methyl/N-ethyl adjacent to an activating group) is 1. The quantitative estimate of drug-likeness (QED) is 0.746. The molecule has 0 aromatic heterocycles. The SMILES string of the molecule is CC1CN(CC2CC3CCC2N3)CCN1C. The molecule has 0 saturated carbocycles. The lowest BCUT2D eigenvalue weighted by molar-refractivity contribution is 0.0883. The monoisotopic (exact) mass is 223 g/mol. The van der Waals surface area contributed by atoms with Crippen molar-refractivity contribution in [3.8, 4) is 0 Å². The van der Waals surface area contributed by atoms with Gasteiger partial charge in [0, 0.05) is 44.3 Å². The maximum absolute atomic E-state index is 3.75. The molecule has 3 heterocycles. The van der Waals surface area contributed by atoms with Crippen LogP contribution in [0.15, 0.2) is 0 Å². The summed E-state index contributed by atoms with van der Waals surface area (Å²) < 4.78 is 0. The van der Waals surface area contributed by atoms with Gasteiger partial charge in [0.15, 0.2) is 0 Å². The van der Waals surface area contributed by atoms with Crippen LogP contribution in [0.4, 0.5) is 0 Å². The van der Waals surface area contributed by atoms with Crippen molar-refractivity contribution in [2.75, 3.05) is 33.2 Å². The molecule has 3 saturated heterocycles. The first-order valence-electron chi connectivity index (χ1n) is 6.91. The molecule has 16 heavy (non-hydrogen) atoms. The summed E-state index contributed by atoms with van der Waals surface area (Å²) in [4.78, 5) is 5.17. The van der Waals surface area contributed by atoms with Gasteiger partial charge in [0.25, 0.3) is 0 Å².